The lowest BCUT2D eigenvalue weighted by molar-refractivity contribution is -0.151. The Hall–Kier alpha value is -2.36. The van der Waals surface area contributed by atoms with Crippen LogP contribution in [0.3, 0.4) is 0 Å². The fourth-order valence-corrected chi connectivity index (χ4v) is 5.31. The van der Waals surface area contributed by atoms with Crippen LogP contribution in [0.4, 0.5) is 0 Å². The summed E-state index contributed by atoms with van der Waals surface area (Å²) in [6.07, 6.45) is 8.03. The second-order valence-electron chi connectivity index (χ2n) is 7.83. The summed E-state index contributed by atoms with van der Waals surface area (Å²) in [5, 5.41) is 0. The van der Waals surface area contributed by atoms with Crippen LogP contribution in [0.1, 0.15) is 64.0 Å². The van der Waals surface area contributed by atoms with Gasteiger partial charge in [0.15, 0.2) is 0 Å². The number of hydrogen-bond acceptors (Lipinski definition) is 4. The van der Waals surface area contributed by atoms with Gasteiger partial charge in [0, 0.05) is 25.7 Å². The van der Waals surface area contributed by atoms with Crippen LogP contribution in [0.5, 0.6) is 5.75 Å². The average molecular weight is 366 g/mol. The summed E-state index contributed by atoms with van der Waals surface area (Å²) in [4.78, 5) is 22.8. The van der Waals surface area contributed by atoms with Gasteiger partial charge in [-0.1, -0.05) is 19.1 Å². The van der Waals surface area contributed by atoms with E-state index in [1.165, 1.54) is 41.7 Å². The molecule has 0 N–H and O–H groups in total. The zero-order chi connectivity index (χ0) is 19.2. The van der Waals surface area contributed by atoms with Crippen molar-refractivity contribution in [3.63, 3.8) is 0 Å². The van der Waals surface area contributed by atoms with Gasteiger partial charge in [0.25, 0.3) is 0 Å². The molecule has 4 rings (SSSR count). The number of benzene rings is 1. The Morgan fingerprint density at radius 1 is 1.11 bits per heavy atom. The molecule has 0 saturated heterocycles. The molecule has 0 amide bonds. The van der Waals surface area contributed by atoms with E-state index in [2.05, 4.69) is 19.1 Å². The van der Waals surface area contributed by atoms with Gasteiger partial charge in [-0.25, -0.2) is 0 Å². The van der Waals surface area contributed by atoms with Crippen molar-refractivity contribution in [1.29, 1.82) is 0 Å². The number of carbonyl (C=O) groups excluding carboxylic acids is 2. The van der Waals surface area contributed by atoms with E-state index >= 15 is 0 Å². The van der Waals surface area contributed by atoms with Gasteiger partial charge in [0.2, 0.25) is 0 Å². The van der Waals surface area contributed by atoms with Gasteiger partial charge < -0.3 is 9.47 Å². The van der Waals surface area contributed by atoms with Crippen molar-refractivity contribution in [2.24, 2.45) is 5.41 Å². The first-order valence-corrected chi connectivity index (χ1v) is 9.86. The predicted molar refractivity (Wildman–Crippen MR) is 103 cm³/mol. The molecule has 2 atom stereocenters. The lowest BCUT2D eigenvalue weighted by Gasteiger charge is -2.43. The molecule has 4 nitrogen and oxygen atoms in total. The van der Waals surface area contributed by atoms with Gasteiger partial charge in [-0.2, -0.15) is 0 Å². The molecule has 1 aromatic rings. The van der Waals surface area contributed by atoms with Crippen molar-refractivity contribution < 1.29 is 19.1 Å². The van der Waals surface area contributed by atoms with E-state index in [0.717, 1.165) is 38.5 Å². The van der Waals surface area contributed by atoms with Gasteiger partial charge in [-0.05, 0) is 72.1 Å². The standard InChI is InChI=1S/C23H26O4/c1-4-23-12-11-19-18-8-6-17(26-14(2)24)13-16(18)5-7-20(19)21(23)9-10-22(23)27-15(3)25/h6,8-9,13,22H,4-5,7,10-12H2,1-3H3/t22-,23+/m1/s1. The van der Waals surface area contributed by atoms with Gasteiger partial charge >= 0.3 is 11.9 Å². The fourth-order valence-electron chi connectivity index (χ4n) is 5.31. The van der Waals surface area contributed by atoms with Crippen molar-refractivity contribution in [3.8, 4) is 5.75 Å². The number of ether oxygens (including phenoxy) is 2. The Morgan fingerprint density at radius 3 is 2.63 bits per heavy atom. The first-order chi connectivity index (χ1) is 12.9. The molecule has 0 bridgehead atoms. The lowest BCUT2D eigenvalue weighted by atomic mass is 9.63. The first kappa shape index (κ1) is 18.0. The molecule has 142 valence electrons. The Bertz CT molecular complexity index is 876. The first-order valence-electron chi connectivity index (χ1n) is 9.86. The van der Waals surface area contributed by atoms with E-state index in [4.69, 9.17) is 9.47 Å². The second-order valence-corrected chi connectivity index (χ2v) is 7.83. The summed E-state index contributed by atoms with van der Waals surface area (Å²) in [6, 6.07) is 6.00. The molecule has 0 radical (unpaired) electrons. The quantitative estimate of drug-likeness (QED) is 0.571. The van der Waals surface area contributed by atoms with Crippen LogP contribution in [0.2, 0.25) is 0 Å². The molecule has 0 aromatic heterocycles. The minimum absolute atomic E-state index is 0.0281. The molecule has 1 aromatic carbocycles. The third-order valence-electron chi connectivity index (χ3n) is 6.45. The maximum absolute atomic E-state index is 11.6. The van der Waals surface area contributed by atoms with Crippen LogP contribution in [0, 0.1) is 5.41 Å². The monoisotopic (exact) mass is 366 g/mol. The second kappa shape index (κ2) is 6.66. The van der Waals surface area contributed by atoms with Crippen molar-refractivity contribution in [1.82, 2.24) is 0 Å². The molecule has 0 aliphatic heterocycles. The smallest absolute Gasteiger partial charge is 0.308 e. The molecule has 3 aliphatic rings. The van der Waals surface area contributed by atoms with Crippen molar-refractivity contribution in [2.75, 3.05) is 0 Å². The zero-order valence-electron chi connectivity index (χ0n) is 16.3. The summed E-state index contributed by atoms with van der Waals surface area (Å²) >= 11 is 0. The van der Waals surface area contributed by atoms with Crippen LogP contribution in [0.15, 0.2) is 35.4 Å². The highest BCUT2D eigenvalue weighted by Crippen LogP contribution is 2.58. The highest BCUT2D eigenvalue weighted by Gasteiger charge is 2.49. The number of fused-ring (bicyclic) bond motifs is 4. The van der Waals surface area contributed by atoms with E-state index in [1.54, 1.807) is 0 Å². The Kier molecular flexibility index (Phi) is 4.45. The number of carbonyl (C=O) groups is 2. The van der Waals surface area contributed by atoms with Crippen molar-refractivity contribution in [3.05, 3.63) is 46.5 Å². The summed E-state index contributed by atoms with van der Waals surface area (Å²) in [5.41, 5.74) is 6.79. The number of hydrogen-bond donors (Lipinski definition) is 0. The van der Waals surface area contributed by atoms with E-state index in [-0.39, 0.29) is 23.5 Å². The van der Waals surface area contributed by atoms with E-state index in [9.17, 15) is 9.59 Å². The van der Waals surface area contributed by atoms with Crippen molar-refractivity contribution >= 4 is 17.5 Å². The minimum Gasteiger partial charge on any atom is -0.461 e. The summed E-state index contributed by atoms with van der Waals surface area (Å²) in [6.45, 7) is 5.15. The molecule has 4 heteroatoms. The topological polar surface area (TPSA) is 52.6 Å². The maximum Gasteiger partial charge on any atom is 0.308 e. The van der Waals surface area contributed by atoms with Crippen LogP contribution in [0.25, 0.3) is 5.57 Å². The molecule has 0 unspecified atom stereocenters. The van der Waals surface area contributed by atoms with Crippen LogP contribution >= 0.6 is 0 Å². The number of allylic oxidation sites excluding steroid dienone is 2. The number of esters is 2. The third kappa shape index (κ3) is 2.91. The molecule has 0 fully saturated rings. The van der Waals surface area contributed by atoms with Gasteiger partial charge in [-0.15, -0.1) is 0 Å². The number of aryl methyl sites for hydroxylation is 1. The van der Waals surface area contributed by atoms with E-state index in [1.807, 2.05) is 12.1 Å². The highest BCUT2D eigenvalue weighted by atomic mass is 16.5. The Morgan fingerprint density at radius 2 is 1.93 bits per heavy atom. The minimum atomic E-state index is -0.288. The largest absolute Gasteiger partial charge is 0.461 e. The molecular weight excluding hydrogens is 340 g/mol. The van der Waals surface area contributed by atoms with Gasteiger partial charge in [0.05, 0.1) is 0 Å². The third-order valence-corrected chi connectivity index (χ3v) is 6.45. The van der Waals surface area contributed by atoms with Crippen molar-refractivity contribution in [2.45, 2.75) is 65.4 Å². The lowest BCUT2D eigenvalue weighted by Crippen LogP contribution is -2.38. The van der Waals surface area contributed by atoms with Crippen LogP contribution < -0.4 is 4.74 Å². The summed E-state index contributed by atoms with van der Waals surface area (Å²) < 4.78 is 11.0. The predicted octanol–water partition coefficient (Wildman–Crippen LogP) is 4.76. The maximum atomic E-state index is 11.6. The molecule has 27 heavy (non-hydrogen) atoms. The molecule has 0 heterocycles. The zero-order valence-corrected chi connectivity index (χ0v) is 16.3. The molecule has 0 saturated carbocycles. The fraction of sp³-hybridized carbons (Fsp3) is 0.478. The van der Waals surface area contributed by atoms with E-state index < -0.39 is 0 Å². The Labute approximate surface area is 160 Å². The molecule has 3 aliphatic carbocycles. The van der Waals surface area contributed by atoms with E-state index in [0.29, 0.717) is 5.75 Å². The molecule has 0 spiro atoms. The number of rotatable bonds is 3. The van der Waals surface area contributed by atoms with Crippen LogP contribution in [-0.2, 0) is 20.7 Å². The van der Waals surface area contributed by atoms with Crippen LogP contribution in [-0.4, -0.2) is 18.0 Å². The van der Waals surface area contributed by atoms with Gasteiger partial charge in [-0.3, -0.25) is 9.59 Å². The summed E-state index contributed by atoms with van der Waals surface area (Å²) in [7, 11) is 0. The normalized spacial score (nSPS) is 25.9. The Balaban J connectivity index is 1.71. The summed E-state index contributed by atoms with van der Waals surface area (Å²) in [5.74, 6) is 0.150. The highest BCUT2D eigenvalue weighted by molar-refractivity contribution is 5.80. The average Bonchev–Trinajstić information content (AvgIpc) is 2.99. The van der Waals surface area contributed by atoms with Gasteiger partial charge in [0.1, 0.15) is 11.9 Å². The SMILES string of the molecule is CC[C@]12CCC3=C(CCc4cc(OC(C)=O)ccc43)C1=CC[C@H]2OC(C)=O. The molecular formula is C23H26O4.